The summed E-state index contributed by atoms with van der Waals surface area (Å²) in [5.41, 5.74) is -1.30. The average molecular weight is 255 g/mol. The third-order valence-corrected chi connectivity index (χ3v) is 2.78. The Bertz CT molecular complexity index is 549. The second kappa shape index (κ2) is 5.15. The summed E-state index contributed by atoms with van der Waals surface area (Å²) in [7, 11) is 0. The van der Waals surface area contributed by atoms with Crippen LogP contribution in [0.25, 0.3) is 0 Å². The second-order valence-corrected chi connectivity index (χ2v) is 3.94. The standard InChI is InChI=1S/C10H13N3O5/c14-4-6-1-2-8(18-6)13-3-7(11-5-15)9(16)12-10(13)17/h3,5-6,8,14H,1-2,4H2,(H,11,15)(H,12,16,17)/t6-,8+/m1/s1. The first kappa shape index (κ1) is 12.5. The molecule has 0 radical (unpaired) electrons. The lowest BCUT2D eigenvalue weighted by Crippen LogP contribution is -2.33. The highest BCUT2D eigenvalue weighted by Crippen LogP contribution is 2.26. The number of hydrogen-bond acceptors (Lipinski definition) is 5. The number of carbonyl (C=O) groups excluding carboxylic acids is 1. The number of ether oxygens (including phenoxy) is 1. The van der Waals surface area contributed by atoms with Gasteiger partial charge in [0.25, 0.3) is 5.56 Å². The molecule has 1 aromatic rings. The molecular weight excluding hydrogens is 242 g/mol. The van der Waals surface area contributed by atoms with Gasteiger partial charge < -0.3 is 15.2 Å². The number of anilines is 1. The number of carbonyl (C=O) groups is 1. The number of aromatic amines is 1. The molecule has 2 atom stereocenters. The van der Waals surface area contributed by atoms with Crippen LogP contribution < -0.4 is 16.6 Å². The molecule has 8 nitrogen and oxygen atoms in total. The maximum atomic E-state index is 11.6. The quantitative estimate of drug-likeness (QED) is 0.583. The van der Waals surface area contributed by atoms with Gasteiger partial charge in [0.15, 0.2) is 0 Å². The number of nitrogens with one attached hydrogen (secondary N) is 2. The van der Waals surface area contributed by atoms with Crippen molar-refractivity contribution in [3.63, 3.8) is 0 Å². The number of aliphatic hydroxyl groups excluding tert-OH is 1. The molecule has 18 heavy (non-hydrogen) atoms. The molecule has 8 heteroatoms. The third-order valence-electron chi connectivity index (χ3n) is 2.78. The molecule has 1 saturated heterocycles. The summed E-state index contributed by atoms with van der Waals surface area (Å²) in [6.07, 6.45) is 1.92. The van der Waals surface area contributed by atoms with Crippen LogP contribution in [0.3, 0.4) is 0 Å². The van der Waals surface area contributed by atoms with E-state index in [9.17, 15) is 14.4 Å². The van der Waals surface area contributed by atoms with Gasteiger partial charge in [0, 0.05) is 6.20 Å². The fraction of sp³-hybridized carbons (Fsp3) is 0.500. The Labute approximate surface area is 101 Å². The molecule has 3 N–H and O–H groups in total. The Hall–Kier alpha value is -1.93. The first-order chi connectivity index (χ1) is 8.65. The predicted molar refractivity (Wildman–Crippen MR) is 61.2 cm³/mol. The summed E-state index contributed by atoms with van der Waals surface area (Å²) < 4.78 is 6.62. The zero-order valence-corrected chi connectivity index (χ0v) is 9.46. The van der Waals surface area contributed by atoms with Gasteiger partial charge in [-0.15, -0.1) is 0 Å². The van der Waals surface area contributed by atoms with E-state index in [4.69, 9.17) is 9.84 Å². The second-order valence-electron chi connectivity index (χ2n) is 3.94. The Kier molecular flexibility index (Phi) is 3.58. The highest BCUT2D eigenvalue weighted by molar-refractivity contribution is 5.69. The van der Waals surface area contributed by atoms with Crippen LogP contribution in [-0.4, -0.2) is 33.8 Å². The number of aromatic nitrogens is 2. The van der Waals surface area contributed by atoms with E-state index in [1.165, 1.54) is 10.8 Å². The molecule has 0 spiro atoms. The summed E-state index contributed by atoms with van der Waals surface area (Å²) in [5.74, 6) is 0. The summed E-state index contributed by atoms with van der Waals surface area (Å²) in [4.78, 5) is 35.4. The van der Waals surface area contributed by atoms with E-state index >= 15 is 0 Å². The molecule has 1 fully saturated rings. The van der Waals surface area contributed by atoms with Crippen LogP contribution >= 0.6 is 0 Å². The molecule has 1 aliphatic rings. The average Bonchev–Trinajstić information content (AvgIpc) is 2.81. The molecule has 1 aromatic heterocycles. The molecule has 1 amide bonds. The van der Waals surface area contributed by atoms with Crippen LogP contribution in [0.5, 0.6) is 0 Å². The van der Waals surface area contributed by atoms with E-state index in [2.05, 4.69) is 10.3 Å². The Morgan fingerprint density at radius 2 is 2.33 bits per heavy atom. The fourth-order valence-electron chi connectivity index (χ4n) is 1.89. The number of rotatable bonds is 4. The highest BCUT2D eigenvalue weighted by Gasteiger charge is 2.27. The van der Waals surface area contributed by atoms with E-state index < -0.39 is 17.5 Å². The van der Waals surface area contributed by atoms with Crippen molar-refractivity contribution in [2.75, 3.05) is 11.9 Å². The number of aliphatic hydroxyl groups is 1. The van der Waals surface area contributed by atoms with E-state index in [1.807, 2.05) is 0 Å². The number of H-pyrrole nitrogens is 1. The van der Waals surface area contributed by atoms with Gasteiger partial charge in [0.2, 0.25) is 6.41 Å². The third kappa shape index (κ3) is 2.34. The maximum Gasteiger partial charge on any atom is 0.330 e. The molecule has 98 valence electrons. The van der Waals surface area contributed by atoms with Gasteiger partial charge >= 0.3 is 5.69 Å². The molecule has 0 aromatic carbocycles. The number of amides is 1. The normalized spacial score (nSPS) is 22.9. The van der Waals surface area contributed by atoms with Gasteiger partial charge in [0.05, 0.1) is 12.7 Å². The first-order valence-electron chi connectivity index (χ1n) is 5.47. The van der Waals surface area contributed by atoms with Crippen molar-refractivity contribution in [2.24, 2.45) is 0 Å². The van der Waals surface area contributed by atoms with Gasteiger partial charge in [-0.3, -0.25) is 19.1 Å². The van der Waals surface area contributed by atoms with Crippen molar-refractivity contribution in [3.8, 4) is 0 Å². The largest absolute Gasteiger partial charge is 0.394 e. The molecule has 2 heterocycles. The van der Waals surface area contributed by atoms with E-state index in [0.29, 0.717) is 19.3 Å². The van der Waals surface area contributed by atoms with Crippen molar-refractivity contribution in [2.45, 2.75) is 25.2 Å². The zero-order valence-electron chi connectivity index (χ0n) is 9.46. The molecule has 0 bridgehead atoms. The number of nitrogens with zero attached hydrogens (tertiary/aromatic N) is 1. The lowest BCUT2D eigenvalue weighted by Gasteiger charge is -2.15. The first-order valence-corrected chi connectivity index (χ1v) is 5.47. The van der Waals surface area contributed by atoms with Gasteiger partial charge in [-0.05, 0) is 12.8 Å². The topological polar surface area (TPSA) is 113 Å². The number of hydrogen-bond donors (Lipinski definition) is 3. The Morgan fingerprint density at radius 3 is 2.94 bits per heavy atom. The minimum atomic E-state index is -0.667. The van der Waals surface area contributed by atoms with Crippen LogP contribution in [0.1, 0.15) is 19.1 Å². The van der Waals surface area contributed by atoms with Crippen molar-refractivity contribution in [1.29, 1.82) is 0 Å². The van der Waals surface area contributed by atoms with Gasteiger partial charge in [0.1, 0.15) is 11.9 Å². The fourth-order valence-corrected chi connectivity index (χ4v) is 1.89. The van der Waals surface area contributed by atoms with Crippen LogP contribution in [0, 0.1) is 0 Å². The SMILES string of the molecule is O=CNc1cn([C@@H]2CC[C@H](CO)O2)c(=O)[nH]c1=O. The molecule has 1 aliphatic heterocycles. The molecule has 0 saturated carbocycles. The van der Waals surface area contributed by atoms with Crippen molar-refractivity contribution in [3.05, 3.63) is 27.0 Å². The Morgan fingerprint density at radius 1 is 1.56 bits per heavy atom. The van der Waals surface area contributed by atoms with Crippen molar-refractivity contribution in [1.82, 2.24) is 9.55 Å². The Balaban J connectivity index is 2.33. The van der Waals surface area contributed by atoms with Crippen molar-refractivity contribution < 1.29 is 14.6 Å². The minimum absolute atomic E-state index is 0.0272. The smallest absolute Gasteiger partial charge is 0.330 e. The van der Waals surface area contributed by atoms with Gasteiger partial charge in [-0.25, -0.2) is 4.79 Å². The summed E-state index contributed by atoms with van der Waals surface area (Å²) in [5, 5.41) is 11.2. The summed E-state index contributed by atoms with van der Waals surface area (Å²) in [6, 6.07) is 0. The summed E-state index contributed by atoms with van der Waals surface area (Å²) in [6.45, 7) is -0.117. The van der Waals surface area contributed by atoms with Crippen LogP contribution in [0.15, 0.2) is 15.8 Å². The maximum absolute atomic E-state index is 11.6. The molecular formula is C10H13N3O5. The lowest BCUT2D eigenvalue weighted by atomic mass is 10.2. The molecule has 0 aliphatic carbocycles. The molecule has 0 unspecified atom stereocenters. The lowest BCUT2D eigenvalue weighted by molar-refractivity contribution is -0.105. The monoisotopic (exact) mass is 255 g/mol. The van der Waals surface area contributed by atoms with Crippen LogP contribution in [0.2, 0.25) is 0 Å². The predicted octanol–water partition coefficient (Wildman–Crippen LogP) is -1.23. The van der Waals surface area contributed by atoms with E-state index in [-0.39, 0.29) is 18.4 Å². The minimum Gasteiger partial charge on any atom is -0.394 e. The van der Waals surface area contributed by atoms with Gasteiger partial charge in [-0.2, -0.15) is 0 Å². The summed E-state index contributed by atoms with van der Waals surface area (Å²) >= 11 is 0. The molecule has 2 rings (SSSR count). The zero-order chi connectivity index (χ0) is 13.1. The van der Waals surface area contributed by atoms with Crippen LogP contribution in [-0.2, 0) is 9.53 Å². The highest BCUT2D eigenvalue weighted by atomic mass is 16.5. The van der Waals surface area contributed by atoms with E-state index in [1.54, 1.807) is 0 Å². The van der Waals surface area contributed by atoms with Gasteiger partial charge in [-0.1, -0.05) is 0 Å². The van der Waals surface area contributed by atoms with E-state index in [0.717, 1.165) is 0 Å². The van der Waals surface area contributed by atoms with Crippen molar-refractivity contribution >= 4 is 12.1 Å². The van der Waals surface area contributed by atoms with Crippen LogP contribution in [0.4, 0.5) is 5.69 Å².